The second-order valence-corrected chi connectivity index (χ2v) is 7.52. The molecule has 3 aromatic rings. The number of benzene rings is 1. The minimum atomic E-state index is 0.695. The standard InChI is InChI=1S/C21H25N7/c1-2-6-17(7-3-1)16-26-12-14-28(15-13-26)21-24-19-18(22-8-9-23-19)20(25-21)27-10-4-5-11-27/h1-3,6-9H,4-5,10-16H2. The molecule has 1 aromatic carbocycles. The van der Waals surface area contributed by atoms with E-state index in [1.54, 1.807) is 12.4 Å². The molecule has 2 aromatic heterocycles. The lowest BCUT2D eigenvalue weighted by Gasteiger charge is -2.35. The van der Waals surface area contributed by atoms with Crippen molar-refractivity contribution in [3.8, 4) is 0 Å². The molecule has 2 fully saturated rings. The fraction of sp³-hybridized carbons (Fsp3) is 0.429. The number of fused-ring (bicyclic) bond motifs is 1. The van der Waals surface area contributed by atoms with Crippen molar-refractivity contribution in [2.45, 2.75) is 19.4 Å². The van der Waals surface area contributed by atoms with Gasteiger partial charge < -0.3 is 9.80 Å². The maximum atomic E-state index is 4.94. The smallest absolute Gasteiger partial charge is 0.229 e. The topological polar surface area (TPSA) is 61.3 Å². The molecule has 2 saturated heterocycles. The van der Waals surface area contributed by atoms with E-state index < -0.39 is 0 Å². The van der Waals surface area contributed by atoms with E-state index in [-0.39, 0.29) is 0 Å². The highest BCUT2D eigenvalue weighted by atomic mass is 15.3. The zero-order valence-corrected chi connectivity index (χ0v) is 16.0. The van der Waals surface area contributed by atoms with Gasteiger partial charge in [-0.05, 0) is 18.4 Å². The first kappa shape index (κ1) is 17.3. The first-order valence-electron chi connectivity index (χ1n) is 10.1. The Bertz CT molecular complexity index is 932. The monoisotopic (exact) mass is 375 g/mol. The molecule has 2 aliphatic rings. The number of anilines is 2. The van der Waals surface area contributed by atoms with Crippen molar-refractivity contribution in [1.82, 2.24) is 24.8 Å². The van der Waals surface area contributed by atoms with E-state index in [2.05, 4.69) is 55.0 Å². The average Bonchev–Trinajstić information content (AvgIpc) is 3.29. The van der Waals surface area contributed by atoms with Gasteiger partial charge in [-0.3, -0.25) is 4.90 Å². The van der Waals surface area contributed by atoms with E-state index in [4.69, 9.17) is 9.97 Å². The normalized spacial score (nSPS) is 18.1. The van der Waals surface area contributed by atoms with E-state index in [9.17, 15) is 0 Å². The maximum Gasteiger partial charge on any atom is 0.229 e. The highest BCUT2D eigenvalue weighted by molar-refractivity contribution is 5.84. The summed E-state index contributed by atoms with van der Waals surface area (Å²) in [4.78, 5) is 25.8. The molecule has 0 radical (unpaired) electrons. The predicted octanol–water partition coefficient (Wildman–Crippen LogP) is 2.34. The van der Waals surface area contributed by atoms with Gasteiger partial charge in [0.1, 0.15) is 0 Å². The molecule has 0 bridgehead atoms. The van der Waals surface area contributed by atoms with Crippen LogP contribution in [0.1, 0.15) is 18.4 Å². The van der Waals surface area contributed by atoms with Gasteiger partial charge in [-0.15, -0.1) is 0 Å². The lowest BCUT2D eigenvalue weighted by molar-refractivity contribution is 0.249. The van der Waals surface area contributed by atoms with Crippen molar-refractivity contribution in [3.63, 3.8) is 0 Å². The molecule has 28 heavy (non-hydrogen) atoms. The van der Waals surface area contributed by atoms with Gasteiger partial charge in [0, 0.05) is 58.2 Å². The lowest BCUT2D eigenvalue weighted by Crippen LogP contribution is -2.46. The Morgan fingerprint density at radius 2 is 1.50 bits per heavy atom. The molecule has 7 heteroatoms. The van der Waals surface area contributed by atoms with Gasteiger partial charge in [0.2, 0.25) is 5.95 Å². The Morgan fingerprint density at radius 3 is 2.29 bits per heavy atom. The first-order valence-corrected chi connectivity index (χ1v) is 10.1. The molecule has 4 heterocycles. The third-order valence-corrected chi connectivity index (χ3v) is 5.61. The summed E-state index contributed by atoms with van der Waals surface area (Å²) in [5.41, 5.74) is 2.88. The molecule has 0 saturated carbocycles. The molecule has 144 valence electrons. The third kappa shape index (κ3) is 3.49. The molecule has 7 nitrogen and oxygen atoms in total. The van der Waals surface area contributed by atoms with Crippen LogP contribution in [0.2, 0.25) is 0 Å². The lowest BCUT2D eigenvalue weighted by atomic mass is 10.2. The number of hydrogen-bond donors (Lipinski definition) is 0. The average molecular weight is 375 g/mol. The van der Waals surface area contributed by atoms with E-state index in [0.29, 0.717) is 5.65 Å². The van der Waals surface area contributed by atoms with Crippen LogP contribution in [0.4, 0.5) is 11.8 Å². The van der Waals surface area contributed by atoms with E-state index >= 15 is 0 Å². The number of piperazine rings is 1. The summed E-state index contributed by atoms with van der Waals surface area (Å²) in [5, 5.41) is 0. The summed E-state index contributed by atoms with van der Waals surface area (Å²) < 4.78 is 0. The highest BCUT2D eigenvalue weighted by Gasteiger charge is 2.24. The molecule has 0 amide bonds. The Kier molecular flexibility index (Phi) is 4.74. The van der Waals surface area contributed by atoms with E-state index in [0.717, 1.165) is 63.1 Å². The SMILES string of the molecule is c1ccc(CN2CCN(c3nc(N4CCCC4)c4nccnc4n3)CC2)cc1. The van der Waals surface area contributed by atoms with Gasteiger partial charge in [-0.2, -0.15) is 9.97 Å². The second kappa shape index (κ2) is 7.67. The molecule has 0 N–H and O–H groups in total. The van der Waals surface area contributed by atoms with Crippen molar-refractivity contribution < 1.29 is 0 Å². The minimum Gasteiger partial charge on any atom is -0.355 e. The molecular formula is C21H25N7. The summed E-state index contributed by atoms with van der Waals surface area (Å²) in [7, 11) is 0. The Labute approximate surface area is 165 Å². The van der Waals surface area contributed by atoms with Crippen LogP contribution in [-0.2, 0) is 6.54 Å². The quantitative estimate of drug-likeness (QED) is 0.694. The third-order valence-electron chi connectivity index (χ3n) is 5.61. The first-order chi connectivity index (χ1) is 13.9. The van der Waals surface area contributed by atoms with Crippen LogP contribution in [0, 0.1) is 0 Å². The second-order valence-electron chi connectivity index (χ2n) is 7.52. The van der Waals surface area contributed by atoms with Crippen LogP contribution in [0.5, 0.6) is 0 Å². The summed E-state index contributed by atoms with van der Waals surface area (Å²) in [5.74, 6) is 1.73. The van der Waals surface area contributed by atoms with Crippen LogP contribution in [-0.4, -0.2) is 64.1 Å². The zero-order valence-electron chi connectivity index (χ0n) is 16.0. The fourth-order valence-electron chi connectivity index (χ4n) is 4.08. The number of hydrogen-bond acceptors (Lipinski definition) is 7. The molecular weight excluding hydrogens is 350 g/mol. The van der Waals surface area contributed by atoms with Crippen molar-refractivity contribution in [2.75, 3.05) is 49.1 Å². The largest absolute Gasteiger partial charge is 0.355 e. The van der Waals surface area contributed by atoms with Gasteiger partial charge in [0.15, 0.2) is 17.0 Å². The minimum absolute atomic E-state index is 0.695. The zero-order chi connectivity index (χ0) is 18.8. The molecule has 2 aliphatic heterocycles. The van der Waals surface area contributed by atoms with Crippen LogP contribution in [0.3, 0.4) is 0 Å². The number of nitrogens with zero attached hydrogens (tertiary/aromatic N) is 7. The van der Waals surface area contributed by atoms with Gasteiger partial charge in [0.25, 0.3) is 0 Å². The summed E-state index contributed by atoms with van der Waals surface area (Å²) >= 11 is 0. The van der Waals surface area contributed by atoms with Crippen molar-refractivity contribution in [2.24, 2.45) is 0 Å². The van der Waals surface area contributed by atoms with Crippen LogP contribution in [0.15, 0.2) is 42.7 Å². The Balaban J connectivity index is 1.35. The Morgan fingerprint density at radius 1 is 0.750 bits per heavy atom. The van der Waals surface area contributed by atoms with Gasteiger partial charge in [-0.1, -0.05) is 30.3 Å². The van der Waals surface area contributed by atoms with Crippen molar-refractivity contribution in [1.29, 1.82) is 0 Å². The van der Waals surface area contributed by atoms with Crippen molar-refractivity contribution >= 4 is 22.9 Å². The fourth-order valence-corrected chi connectivity index (χ4v) is 4.08. The maximum absolute atomic E-state index is 4.94. The Hall–Kier alpha value is -2.80. The molecule has 0 aliphatic carbocycles. The molecule has 0 atom stereocenters. The number of rotatable bonds is 4. The van der Waals surface area contributed by atoms with Gasteiger partial charge in [-0.25, -0.2) is 9.97 Å². The van der Waals surface area contributed by atoms with Gasteiger partial charge in [0.05, 0.1) is 0 Å². The number of aromatic nitrogens is 4. The van der Waals surface area contributed by atoms with Crippen LogP contribution < -0.4 is 9.80 Å². The van der Waals surface area contributed by atoms with E-state index in [1.807, 2.05) is 0 Å². The molecule has 0 unspecified atom stereocenters. The van der Waals surface area contributed by atoms with Crippen LogP contribution >= 0.6 is 0 Å². The van der Waals surface area contributed by atoms with E-state index in [1.165, 1.54) is 18.4 Å². The molecule has 0 spiro atoms. The highest BCUT2D eigenvalue weighted by Crippen LogP contribution is 2.27. The summed E-state index contributed by atoms with van der Waals surface area (Å²) in [6, 6.07) is 10.7. The summed E-state index contributed by atoms with van der Waals surface area (Å²) in [6.45, 7) is 6.94. The van der Waals surface area contributed by atoms with Gasteiger partial charge >= 0.3 is 0 Å². The molecule has 5 rings (SSSR count). The predicted molar refractivity (Wildman–Crippen MR) is 111 cm³/mol. The van der Waals surface area contributed by atoms with Crippen molar-refractivity contribution in [3.05, 3.63) is 48.3 Å². The van der Waals surface area contributed by atoms with Crippen LogP contribution in [0.25, 0.3) is 11.2 Å². The summed E-state index contributed by atoms with van der Waals surface area (Å²) in [6.07, 6.45) is 5.86.